The van der Waals surface area contributed by atoms with E-state index in [0.717, 1.165) is 38.5 Å². The molecule has 0 saturated carbocycles. The van der Waals surface area contributed by atoms with E-state index < -0.39 is 5.97 Å². The Hall–Kier alpha value is -4.80. The summed E-state index contributed by atoms with van der Waals surface area (Å²) in [6.45, 7) is 5.36. The van der Waals surface area contributed by atoms with Crippen LogP contribution in [-0.2, 0) is 36.5 Å². The van der Waals surface area contributed by atoms with Crippen molar-refractivity contribution >= 4 is 91.8 Å². The minimum absolute atomic E-state index is 0.0275. The van der Waals surface area contributed by atoms with E-state index in [1.54, 1.807) is 59.5 Å². The van der Waals surface area contributed by atoms with Crippen LogP contribution in [0.25, 0.3) is 21.8 Å². The van der Waals surface area contributed by atoms with E-state index >= 15 is 0 Å². The number of carboxylic acid groups (broad SMARTS) is 1. The van der Waals surface area contributed by atoms with Gasteiger partial charge >= 0.3 is 5.97 Å². The maximum Gasteiger partial charge on any atom is 0.307 e. The van der Waals surface area contributed by atoms with Gasteiger partial charge in [0, 0.05) is 42.3 Å². The summed E-state index contributed by atoms with van der Waals surface area (Å²) in [7, 11) is 3.62. The third-order valence-corrected chi connectivity index (χ3v) is 10.8. The Kier molecular flexibility index (Phi) is 12.8. The third-order valence-electron chi connectivity index (χ3n) is 9.16. The summed E-state index contributed by atoms with van der Waals surface area (Å²) < 4.78 is 3.57. The summed E-state index contributed by atoms with van der Waals surface area (Å²) in [4.78, 5) is 47.5. The van der Waals surface area contributed by atoms with Gasteiger partial charge in [-0.3, -0.25) is 19.2 Å². The highest BCUT2D eigenvalue weighted by Crippen LogP contribution is 2.34. The highest BCUT2D eigenvalue weighted by Gasteiger charge is 2.20. The van der Waals surface area contributed by atoms with Crippen LogP contribution in [0.2, 0.25) is 20.1 Å². The Morgan fingerprint density at radius 1 is 0.611 bits per heavy atom. The summed E-state index contributed by atoms with van der Waals surface area (Å²) in [6.07, 6.45) is 0.389. The van der Waals surface area contributed by atoms with Crippen molar-refractivity contribution in [2.24, 2.45) is 14.1 Å². The molecule has 13 heteroatoms. The first kappa shape index (κ1) is 40.4. The molecule has 0 saturated heterocycles. The standard InChI is InChI=1S/C21H20Cl2N2O2.C20H18Cl2N2O3/c1-12(26)10-14-4-6-15(7-5-14)13(2)24-21(27)19-11-16-18(25(19)3)9-8-17(22)20(16)23;1-11(13-5-3-12(4-6-13)9-18(25)26)23-20(27)17-10-14-16(24(17)2)8-7-15(21)19(14)22/h4-9,11,13H,10H2,1-3H3,(H,24,27);3-8,10-11H,9H2,1-2H3,(H,23,27)(H,25,26). The number of rotatable bonds is 10. The molecule has 3 N–H and O–H groups in total. The number of aliphatic carboxylic acids is 1. The van der Waals surface area contributed by atoms with Gasteiger partial charge in [0.1, 0.15) is 17.2 Å². The fourth-order valence-electron chi connectivity index (χ4n) is 6.15. The Bertz CT molecular complexity index is 2220. The normalized spacial score (nSPS) is 12.2. The zero-order valence-corrected chi connectivity index (χ0v) is 33.2. The lowest BCUT2D eigenvalue weighted by Gasteiger charge is -2.15. The molecule has 2 atom stereocenters. The molecule has 2 aromatic heterocycles. The molecule has 6 rings (SSSR count). The average Bonchev–Trinajstić information content (AvgIpc) is 3.65. The highest BCUT2D eigenvalue weighted by molar-refractivity contribution is 6.46. The van der Waals surface area contributed by atoms with Crippen LogP contribution in [0.1, 0.15) is 76.1 Å². The number of aromatic nitrogens is 2. The molecule has 54 heavy (non-hydrogen) atoms. The Morgan fingerprint density at radius 2 is 0.981 bits per heavy atom. The van der Waals surface area contributed by atoms with Gasteiger partial charge in [0.05, 0.1) is 38.6 Å². The lowest BCUT2D eigenvalue weighted by atomic mass is 10.0. The SMILES string of the molecule is CC(=O)Cc1ccc(C(C)NC(=O)c2cc3c(Cl)c(Cl)ccc3n2C)cc1.CC(NC(=O)c1cc2c(Cl)c(Cl)ccc2n1C)c1ccc(CC(=O)O)cc1. The lowest BCUT2D eigenvalue weighted by Crippen LogP contribution is -2.28. The second-order valence-corrected chi connectivity index (χ2v) is 14.7. The zero-order chi connectivity index (χ0) is 39.4. The van der Waals surface area contributed by atoms with Crippen molar-refractivity contribution in [1.29, 1.82) is 0 Å². The summed E-state index contributed by atoms with van der Waals surface area (Å²) in [5, 5.41) is 18.0. The van der Waals surface area contributed by atoms with E-state index in [-0.39, 0.29) is 36.1 Å². The molecule has 0 radical (unpaired) electrons. The molecule has 0 bridgehead atoms. The summed E-state index contributed by atoms with van der Waals surface area (Å²) in [5.74, 6) is -1.18. The Labute approximate surface area is 332 Å². The van der Waals surface area contributed by atoms with Gasteiger partial charge in [-0.2, -0.15) is 0 Å². The minimum Gasteiger partial charge on any atom is -0.481 e. The molecule has 2 heterocycles. The number of halogens is 4. The second kappa shape index (κ2) is 17.1. The molecule has 4 aromatic carbocycles. The van der Waals surface area contributed by atoms with Crippen LogP contribution in [0.3, 0.4) is 0 Å². The highest BCUT2D eigenvalue weighted by atomic mass is 35.5. The molecule has 280 valence electrons. The minimum atomic E-state index is -0.876. The number of benzene rings is 4. The average molecular weight is 809 g/mol. The van der Waals surface area contributed by atoms with E-state index in [0.29, 0.717) is 43.5 Å². The molecule has 9 nitrogen and oxygen atoms in total. The predicted molar refractivity (Wildman–Crippen MR) is 216 cm³/mol. The number of nitrogens with zero attached hydrogens (tertiary/aromatic N) is 2. The molecule has 0 aliphatic carbocycles. The fourth-order valence-corrected chi connectivity index (χ4v) is 6.91. The van der Waals surface area contributed by atoms with Gasteiger partial charge in [0.2, 0.25) is 0 Å². The number of ketones is 1. The van der Waals surface area contributed by atoms with Crippen LogP contribution < -0.4 is 10.6 Å². The van der Waals surface area contributed by atoms with E-state index in [1.165, 1.54) is 0 Å². The number of carboxylic acids is 1. The van der Waals surface area contributed by atoms with Crippen LogP contribution in [0.4, 0.5) is 0 Å². The molecular formula is C41H38Cl4N4O5. The van der Waals surface area contributed by atoms with Crippen LogP contribution >= 0.6 is 46.4 Å². The molecule has 6 aromatic rings. The molecule has 0 aliphatic heterocycles. The predicted octanol–water partition coefficient (Wildman–Crippen LogP) is 9.71. The van der Waals surface area contributed by atoms with Crippen molar-refractivity contribution in [3.63, 3.8) is 0 Å². The number of carbonyl (C=O) groups excluding carboxylic acids is 3. The zero-order valence-electron chi connectivity index (χ0n) is 30.1. The first-order chi connectivity index (χ1) is 25.5. The number of Topliss-reactive ketones (excluding diaryl/α,β-unsaturated/α-hetero) is 1. The van der Waals surface area contributed by atoms with Gasteiger partial charge in [-0.05, 0) is 79.4 Å². The summed E-state index contributed by atoms with van der Waals surface area (Å²) in [6, 6.07) is 25.0. The first-order valence-corrected chi connectivity index (χ1v) is 18.4. The number of hydrogen-bond acceptors (Lipinski definition) is 4. The van der Waals surface area contributed by atoms with Gasteiger partial charge < -0.3 is 24.9 Å². The van der Waals surface area contributed by atoms with Crippen molar-refractivity contribution in [1.82, 2.24) is 19.8 Å². The quantitative estimate of drug-likeness (QED) is 0.127. The molecule has 0 fully saturated rings. The smallest absolute Gasteiger partial charge is 0.307 e. The molecule has 0 aliphatic rings. The van der Waals surface area contributed by atoms with Crippen molar-refractivity contribution in [2.75, 3.05) is 0 Å². The maximum absolute atomic E-state index is 12.8. The first-order valence-electron chi connectivity index (χ1n) is 16.9. The monoisotopic (exact) mass is 806 g/mol. The van der Waals surface area contributed by atoms with Crippen LogP contribution in [0.15, 0.2) is 84.9 Å². The van der Waals surface area contributed by atoms with E-state index in [1.807, 2.05) is 69.4 Å². The van der Waals surface area contributed by atoms with Crippen LogP contribution in [-0.4, -0.2) is 37.8 Å². The van der Waals surface area contributed by atoms with Crippen molar-refractivity contribution in [3.8, 4) is 0 Å². The van der Waals surface area contributed by atoms with E-state index in [4.69, 9.17) is 51.5 Å². The number of carbonyl (C=O) groups is 4. The van der Waals surface area contributed by atoms with Gasteiger partial charge in [-0.1, -0.05) is 94.9 Å². The molecular weight excluding hydrogens is 770 g/mol. The summed E-state index contributed by atoms with van der Waals surface area (Å²) in [5.41, 5.74) is 6.18. The number of fused-ring (bicyclic) bond motifs is 2. The molecule has 2 amide bonds. The number of nitrogens with one attached hydrogen (secondary N) is 2. The Morgan fingerprint density at radius 3 is 1.33 bits per heavy atom. The van der Waals surface area contributed by atoms with Crippen LogP contribution in [0.5, 0.6) is 0 Å². The van der Waals surface area contributed by atoms with Gasteiger partial charge in [0.15, 0.2) is 0 Å². The molecule has 2 unspecified atom stereocenters. The number of hydrogen-bond donors (Lipinski definition) is 3. The van der Waals surface area contributed by atoms with Crippen molar-refractivity contribution in [3.05, 3.63) is 139 Å². The Balaban J connectivity index is 0.000000208. The topological polar surface area (TPSA) is 122 Å². The second-order valence-electron chi connectivity index (χ2n) is 13.1. The fraction of sp³-hybridized carbons (Fsp3) is 0.220. The van der Waals surface area contributed by atoms with Gasteiger partial charge in [-0.25, -0.2) is 0 Å². The largest absolute Gasteiger partial charge is 0.481 e. The number of aryl methyl sites for hydroxylation is 2. The maximum atomic E-state index is 12.8. The van der Waals surface area contributed by atoms with Gasteiger partial charge in [-0.15, -0.1) is 0 Å². The van der Waals surface area contributed by atoms with Crippen molar-refractivity contribution in [2.45, 2.75) is 45.7 Å². The molecule has 0 spiro atoms. The summed E-state index contributed by atoms with van der Waals surface area (Å²) >= 11 is 24.7. The van der Waals surface area contributed by atoms with Crippen LogP contribution in [0, 0.1) is 0 Å². The third kappa shape index (κ3) is 9.10. The lowest BCUT2D eigenvalue weighted by molar-refractivity contribution is -0.136. The van der Waals surface area contributed by atoms with E-state index in [9.17, 15) is 19.2 Å². The van der Waals surface area contributed by atoms with Gasteiger partial charge in [0.25, 0.3) is 11.8 Å². The van der Waals surface area contributed by atoms with Crippen molar-refractivity contribution < 1.29 is 24.3 Å². The number of amides is 2. The van der Waals surface area contributed by atoms with E-state index in [2.05, 4.69) is 10.6 Å².